The Kier molecular flexibility index (Phi) is 2.63. The van der Waals surface area contributed by atoms with Crippen LogP contribution >= 0.6 is 0 Å². The van der Waals surface area contributed by atoms with Crippen molar-refractivity contribution in [2.75, 3.05) is 13.1 Å². The number of ketones is 1. The van der Waals surface area contributed by atoms with Gasteiger partial charge in [0, 0.05) is 19.4 Å². The van der Waals surface area contributed by atoms with Gasteiger partial charge in [0.15, 0.2) is 5.78 Å². The molecule has 3 heteroatoms. The molecular formula is C8H13NO2. The van der Waals surface area contributed by atoms with Crippen molar-refractivity contribution in [3.63, 3.8) is 0 Å². The lowest BCUT2D eigenvalue weighted by atomic mass is 10.3. The number of hydrogen-bond donors (Lipinski definition) is 0. The molecule has 0 radical (unpaired) electrons. The van der Waals surface area contributed by atoms with Gasteiger partial charge < -0.3 is 4.90 Å². The lowest BCUT2D eigenvalue weighted by Crippen LogP contribution is -2.30. The van der Waals surface area contributed by atoms with Gasteiger partial charge in [-0.15, -0.1) is 0 Å². The standard InChI is InChI=1S/C8H13NO2/c1-2-7(10)6-9-5-3-4-8(9)11/h2-6H2,1H3. The van der Waals surface area contributed by atoms with Gasteiger partial charge in [-0.05, 0) is 6.42 Å². The van der Waals surface area contributed by atoms with Gasteiger partial charge in [0.05, 0.1) is 6.54 Å². The first kappa shape index (κ1) is 8.24. The van der Waals surface area contributed by atoms with E-state index in [0.29, 0.717) is 19.4 Å². The Labute approximate surface area is 66.4 Å². The van der Waals surface area contributed by atoms with E-state index in [1.807, 2.05) is 6.92 Å². The summed E-state index contributed by atoms with van der Waals surface area (Å²) in [5, 5.41) is 0. The molecule has 3 nitrogen and oxygen atoms in total. The quantitative estimate of drug-likeness (QED) is 0.598. The van der Waals surface area contributed by atoms with Crippen LogP contribution in [0.5, 0.6) is 0 Å². The summed E-state index contributed by atoms with van der Waals surface area (Å²) < 4.78 is 0. The molecule has 0 atom stereocenters. The summed E-state index contributed by atoms with van der Waals surface area (Å²) in [6.07, 6.45) is 2.07. The third kappa shape index (κ3) is 2.03. The maximum atomic E-state index is 11.0. The van der Waals surface area contributed by atoms with Gasteiger partial charge in [0.25, 0.3) is 0 Å². The van der Waals surface area contributed by atoms with E-state index in [1.165, 1.54) is 0 Å². The number of carbonyl (C=O) groups excluding carboxylic acids is 2. The van der Waals surface area contributed by atoms with Crippen molar-refractivity contribution in [2.24, 2.45) is 0 Å². The summed E-state index contributed by atoms with van der Waals surface area (Å²) in [4.78, 5) is 23.6. The number of likely N-dealkylation sites (tertiary alicyclic amines) is 1. The van der Waals surface area contributed by atoms with Gasteiger partial charge in [0.2, 0.25) is 5.91 Å². The summed E-state index contributed by atoms with van der Waals surface area (Å²) in [5.74, 6) is 0.284. The molecule has 0 saturated carbocycles. The van der Waals surface area contributed by atoms with Crippen LogP contribution in [0.4, 0.5) is 0 Å². The zero-order valence-corrected chi connectivity index (χ0v) is 6.80. The lowest BCUT2D eigenvalue weighted by Gasteiger charge is -2.12. The van der Waals surface area contributed by atoms with Gasteiger partial charge >= 0.3 is 0 Å². The fourth-order valence-corrected chi connectivity index (χ4v) is 1.20. The number of carbonyl (C=O) groups is 2. The Morgan fingerprint density at radius 1 is 1.64 bits per heavy atom. The normalized spacial score (nSPS) is 17.5. The number of amides is 1. The van der Waals surface area contributed by atoms with Crippen molar-refractivity contribution in [1.29, 1.82) is 0 Å². The van der Waals surface area contributed by atoms with Crippen LogP contribution in [0.2, 0.25) is 0 Å². The Balaban J connectivity index is 2.36. The molecule has 1 amide bonds. The first-order chi connectivity index (χ1) is 5.24. The molecule has 0 aliphatic carbocycles. The minimum atomic E-state index is 0.131. The van der Waals surface area contributed by atoms with Crippen LogP contribution < -0.4 is 0 Å². The van der Waals surface area contributed by atoms with Gasteiger partial charge in [-0.1, -0.05) is 6.92 Å². The molecule has 0 bridgehead atoms. The second kappa shape index (κ2) is 3.51. The second-order valence-corrected chi connectivity index (χ2v) is 2.81. The maximum absolute atomic E-state index is 11.0. The zero-order chi connectivity index (χ0) is 8.27. The first-order valence-corrected chi connectivity index (χ1v) is 4.03. The summed E-state index contributed by atoms with van der Waals surface area (Å²) in [6, 6.07) is 0. The highest BCUT2D eigenvalue weighted by atomic mass is 16.2. The fraction of sp³-hybridized carbons (Fsp3) is 0.750. The number of Topliss-reactive ketones (excluding diaryl/α,β-unsaturated/α-hetero) is 1. The monoisotopic (exact) mass is 155 g/mol. The van der Waals surface area contributed by atoms with Crippen molar-refractivity contribution >= 4 is 11.7 Å². The van der Waals surface area contributed by atoms with Gasteiger partial charge in [-0.2, -0.15) is 0 Å². The topological polar surface area (TPSA) is 37.4 Å². The molecule has 11 heavy (non-hydrogen) atoms. The van der Waals surface area contributed by atoms with E-state index in [1.54, 1.807) is 4.90 Å². The zero-order valence-electron chi connectivity index (χ0n) is 6.80. The highest BCUT2D eigenvalue weighted by molar-refractivity contribution is 5.86. The van der Waals surface area contributed by atoms with Gasteiger partial charge in [-0.25, -0.2) is 0 Å². The lowest BCUT2D eigenvalue weighted by molar-refractivity contribution is -0.132. The van der Waals surface area contributed by atoms with Crippen molar-refractivity contribution in [3.8, 4) is 0 Å². The molecule has 1 saturated heterocycles. The number of hydrogen-bond acceptors (Lipinski definition) is 2. The van der Waals surface area contributed by atoms with Crippen molar-refractivity contribution in [2.45, 2.75) is 26.2 Å². The molecule has 0 aromatic heterocycles. The predicted molar refractivity (Wildman–Crippen MR) is 41.1 cm³/mol. The van der Waals surface area contributed by atoms with E-state index in [0.717, 1.165) is 13.0 Å². The first-order valence-electron chi connectivity index (χ1n) is 4.03. The molecule has 0 aromatic carbocycles. The van der Waals surface area contributed by atoms with E-state index in [9.17, 15) is 9.59 Å². The van der Waals surface area contributed by atoms with Crippen molar-refractivity contribution in [1.82, 2.24) is 4.90 Å². The molecule has 1 heterocycles. The molecule has 1 aliphatic rings. The molecule has 1 fully saturated rings. The van der Waals surface area contributed by atoms with Crippen LogP contribution in [0.25, 0.3) is 0 Å². The van der Waals surface area contributed by atoms with Crippen LogP contribution in [0.1, 0.15) is 26.2 Å². The Bertz CT molecular complexity index is 177. The van der Waals surface area contributed by atoms with E-state index in [-0.39, 0.29) is 11.7 Å². The maximum Gasteiger partial charge on any atom is 0.223 e. The van der Waals surface area contributed by atoms with Crippen LogP contribution in [0, 0.1) is 0 Å². The average Bonchev–Trinajstić information content (AvgIpc) is 2.37. The summed E-state index contributed by atoms with van der Waals surface area (Å²) in [6.45, 7) is 2.92. The molecule has 1 rings (SSSR count). The fourth-order valence-electron chi connectivity index (χ4n) is 1.20. The molecule has 1 aliphatic heterocycles. The Hall–Kier alpha value is -0.860. The van der Waals surface area contributed by atoms with E-state index < -0.39 is 0 Å². The predicted octanol–water partition coefficient (Wildman–Crippen LogP) is 0.588. The molecule has 0 unspecified atom stereocenters. The third-order valence-electron chi connectivity index (χ3n) is 1.93. The summed E-state index contributed by atoms with van der Waals surface area (Å²) in [5.41, 5.74) is 0. The molecular weight excluding hydrogens is 142 g/mol. The summed E-state index contributed by atoms with van der Waals surface area (Å²) in [7, 11) is 0. The largest absolute Gasteiger partial charge is 0.335 e. The van der Waals surface area contributed by atoms with Crippen molar-refractivity contribution in [3.05, 3.63) is 0 Å². The van der Waals surface area contributed by atoms with Gasteiger partial charge in [-0.3, -0.25) is 9.59 Å². The number of nitrogens with zero attached hydrogens (tertiary/aromatic N) is 1. The molecule has 62 valence electrons. The van der Waals surface area contributed by atoms with E-state index in [4.69, 9.17) is 0 Å². The molecule has 0 N–H and O–H groups in total. The van der Waals surface area contributed by atoms with Crippen LogP contribution in [0.3, 0.4) is 0 Å². The Morgan fingerprint density at radius 3 is 2.82 bits per heavy atom. The summed E-state index contributed by atoms with van der Waals surface area (Å²) >= 11 is 0. The minimum absolute atomic E-state index is 0.131. The smallest absolute Gasteiger partial charge is 0.223 e. The van der Waals surface area contributed by atoms with E-state index >= 15 is 0 Å². The van der Waals surface area contributed by atoms with Crippen LogP contribution in [0.15, 0.2) is 0 Å². The average molecular weight is 155 g/mol. The third-order valence-corrected chi connectivity index (χ3v) is 1.93. The second-order valence-electron chi connectivity index (χ2n) is 2.81. The highest BCUT2D eigenvalue weighted by Gasteiger charge is 2.21. The Morgan fingerprint density at radius 2 is 2.36 bits per heavy atom. The number of rotatable bonds is 3. The highest BCUT2D eigenvalue weighted by Crippen LogP contribution is 2.08. The minimum Gasteiger partial charge on any atom is -0.335 e. The van der Waals surface area contributed by atoms with Crippen molar-refractivity contribution < 1.29 is 9.59 Å². The van der Waals surface area contributed by atoms with Gasteiger partial charge in [0.1, 0.15) is 0 Å². The molecule has 0 spiro atoms. The van der Waals surface area contributed by atoms with Crippen LogP contribution in [-0.4, -0.2) is 29.7 Å². The molecule has 0 aromatic rings. The van der Waals surface area contributed by atoms with Crippen LogP contribution in [-0.2, 0) is 9.59 Å². The SMILES string of the molecule is CCC(=O)CN1CCCC1=O. The van der Waals surface area contributed by atoms with E-state index in [2.05, 4.69) is 0 Å².